The Hall–Kier alpha value is -1.71. The first kappa shape index (κ1) is 13.3. The minimum atomic E-state index is 0.0334. The lowest BCUT2D eigenvalue weighted by Gasteiger charge is -2.22. The second-order valence-electron chi connectivity index (χ2n) is 6.01. The van der Waals surface area contributed by atoms with Gasteiger partial charge >= 0.3 is 0 Å². The summed E-state index contributed by atoms with van der Waals surface area (Å²) in [6.07, 6.45) is 2.23. The van der Waals surface area contributed by atoms with Crippen molar-refractivity contribution in [1.29, 1.82) is 0 Å². The quantitative estimate of drug-likeness (QED) is 0.917. The van der Waals surface area contributed by atoms with Crippen molar-refractivity contribution in [2.75, 3.05) is 19.8 Å². The second kappa shape index (κ2) is 5.00. The summed E-state index contributed by atoms with van der Waals surface area (Å²) in [5.74, 6) is 1.80. The molecule has 1 aliphatic carbocycles. The van der Waals surface area contributed by atoms with Crippen molar-refractivity contribution in [2.45, 2.75) is 32.1 Å². The van der Waals surface area contributed by atoms with E-state index in [1.54, 1.807) is 0 Å². The fourth-order valence-corrected chi connectivity index (χ4v) is 2.55. The number of fused-ring (bicyclic) bond motifs is 1. The molecule has 0 saturated heterocycles. The maximum absolute atomic E-state index is 11.7. The molecule has 1 N–H and O–H groups in total. The van der Waals surface area contributed by atoms with Crippen molar-refractivity contribution in [3.05, 3.63) is 23.8 Å². The number of nitrogens with one attached hydrogen (secondary N) is 1. The van der Waals surface area contributed by atoms with E-state index in [0.717, 1.165) is 24.3 Å². The van der Waals surface area contributed by atoms with Crippen LogP contribution in [0, 0.1) is 5.92 Å². The van der Waals surface area contributed by atoms with Gasteiger partial charge in [-0.2, -0.15) is 0 Å². The van der Waals surface area contributed by atoms with E-state index in [-0.39, 0.29) is 17.2 Å². The number of hydrogen-bond acceptors (Lipinski definition) is 3. The third kappa shape index (κ3) is 2.47. The topological polar surface area (TPSA) is 47.6 Å². The number of amides is 1. The number of hydrogen-bond donors (Lipinski definition) is 1. The van der Waals surface area contributed by atoms with Crippen LogP contribution in [0.2, 0.25) is 0 Å². The fourth-order valence-electron chi connectivity index (χ4n) is 2.55. The van der Waals surface area contributed by atoms with Gasteiger partial charge in [-0.25, -0.2) is 0 Å². The van der Waals surface area contributed by atoms with Crippen LogP contribution in [0.4, 0.5) is 0 Å². The minimum Gasteiger partial charge on any atom is -0.486 e. The molecule has 1 fully saturated rings. The monoisotopic (exact) mass is 275 g/mol. The van der Waals surface area contributed by atoms with E-state index in [0.29, 0.717) is 19.8 Å². The van der Waals surface area contributed by atoms with Crippen LogP contribution in [-0.4, -0.2) is 25.7 Å². The minimum absolute atomic E-state index is 0.0334. The number of carbonyl (C=O) groups is 1. The Morgan fingerprint density at radius 2 is 1.95 bits per heavy atom. The highest BCUT2D eigenvalue weighted by atomic mass is 16.6. The van der Waals surface area contributed by atoms with Gasteiger partial charge in [0.2, 0.25) is 5.91 Å². The maximum atomic E-state index is 11.7. The van der Waals surface area contributed by atoms with Crippen LogP contribution >= 0.6 is 0 Å². The van der Waals surface area contributed by atoms with Crippen molar-refractivity contribution in [2.24, 2.45) is 5.92 Å². The van der Waals surface area contributed by atoms with Gasteiger partial charge in [0.1, 0.15) is 13.2 Å². The molecule has 1 aromatic rings. The molecule has 1 aliphatic heterocycles. The summed E-state index contributed by atoms with van der Waals surface area (Å²) in [5, 5.41) is 3.05. The molecule has 0 atom stereocenters. The van der Waals surface area contributed by atoms with Gasteiger partial charge in [0.25, 0.3) is 0 Å². The van der Waals surface area contributed by atoms with E-state index in [9.17, 15) is 4.79 Å². The lowest BCUT2D eigenvalue weighted by Crippen LogP contribution is -2.34. The fraction of sp³-hybridized carbons (Fsp3) is 0.562. The van der Waals surface area contributed by atoms with Gasteiger partial charge in [-0.05, 0) is 30.5 Å². The molecule has 3 rings (SSSR count). The van der Waals surface area contributed by atoms with Crippen LogP contribution in [0.25, 0.3) is 0 Å². The molecule has 0 aromatic heterocycles. The highest BCUT2D eigenvalue weighted by Gasteiger charge is 2.44. The molecule has 1 amide bonds. The smallest absolute Gasteiger partial charge is 0.222 e. The molecule has 108 valence electrons. The summed E-state index contributed by atoms with van der Waals surface area (Å²) in [5.41, 5.74) is 1.34. The molecule has 20 heavy (non-hydrogen) atoms. The zero-order valence-electron chi connectivity index (χ0n) is 12.1. The Balaban J connectivity index is 1.73. The van der Waals surface area contributed by atoms with Gasteiger partial charge in [0.05, 0.1) is 0 Å². The van der Waals surface area contributed by atoms with Gasteiger partial charge in [0.15, 0.2) is 11.5 Å². The first-order chi connectivity index (χ1) is 9.61. The summed E-state index contributed by atoms with van der Waals surface area (Å²) in [7, 11) is 0. The highest BCUT2D eigenvalue weighted by Crippen LogP contribution is 2.49. The molecule has 0 radical (unpaired) electrons. The van der Waals surface area contributed by atoms with E-state index in [2.05, 4.69) is 17.4 Å². The molecule has 4 heteroatoms. The van der Waals surface area contributed by atoms with Crippen LogP contribution in [0.3, 0.4) is 0 Å². The summed E-state index contributed by atoms with van der Waals surface area (Å²) >= 11 is 0. The molecule has 0 bridgehead atoms. The maximum Gasteiger partial charge on any atom is 0.222 e. The van der Waals surface area contributed by atoms with Gasteiger partial charge < -0.3 is 14.8 Å². The zero-order valence-corrected chi connectivity index (χ0v) is 12.1. The molecule has 1 heterocycles. The predicted molar refractivity (Wildman–Crippen MR) is 76.2 cm³/mol. The predicted octanol–water partition coefficient (Wildman–Crippen LogP) is 2.26. The van der Waals surface area contributed by atoms with E-state index in [4.69, 9.17) is 9.47 Å². The number of ether oxygens (including phenoxy) is 2. The second-order valence-corrected chi connectivity index (χ2v) is 6.01. The average molecular weight is 275 g/mol. The zero-order chi connectivity index (χ0) is 14.2. The third-order valence-electron chi connectivity index (χ3n) is 4.13. The summed E-state index contributed by atoms with van der Waals surface area (Å²) in [4.78, 5) is 11.7. The molecule has 1 saturated carbocycles. The van der Waals surface area contributed by atoms with Crippen molar-refractivity contribution < 1.29 is 14.3 Å². The molecule has 2 aliphatic rings. The first-order valence-corrected chi connectivity index (χ1v) is 7.29. The van der Waals surface area contributed by atoms with E-state index in [1.165, 1.54) is 5.56 Å². The standard InChI is InChI=1S/C16H21NO3/c1-11(2)15(18)17-10-16(5-6-16)12-3-4-13-14(9-12)20-8-7-19-13/h3-4,9,11H,5-8,10H2,1-2H3,(H,17,18). The SMILES string of the molecule is CC(C)C(=O)NCC1(c2ccc3c(c2)OCCO3)CC1. The van der Waals surface area contributed by atoms with Crippen LogP contribution in [0.5, 0.6) is 11.5 Å². The molecule has 0 spiro atoms. The normalized spacial score (nSPS) is 18.8. The average Bonchev–Trinajstić information content (AvgIpc) is 3.25. The summed E-state index contributed by atoms with van der Waals surface area (Å²) < 4.78 is 11.2. The van der Waals surface area contributed by atoms with Crippen LogP contribution < -0.4 is 14.8 Å². The Labute approximate surface area is 119 Å². The molecule has 0 unspecified atom stereocenters. The van der Waals surface area contributed by atoms with Crippen LogP contribution in [0.1, 0.15) is 32.3 Å². The Morgan fingerprint density at radius 3 is 2.60 bits per heavy atom. The van der Waals surface area contributed by atoms with E-state index < -0.39 is 0 Å². The summed E-state index contributed by atoms with van der Waals surface area (Å²) in [6.45, 7) is 5.76. The van der Waals surface area contributed by atoms with Gasteiger partial charge in [-0.3, -0.25) is 4.79 Å². The molecular weight excluding hydrogens is 254 g/mol. The van der Waals surface area contributed by atoms with E-state index >= 15 is 0 Å². The molecule has 4 nitrogen and oxygen atoms in total. The van der Waals surface area contributed by atoms with Gasteiger partial charge in [-0.15, -0.1) is 0 Å². The van der Waals surface area contributed by atoms with Crippen molar-refractivity contribution in [3.63, 3.8) is 0 Å². The lowest BCUT2D eigenvalue weighted by atomic mass is 9.95. The van der Waals surface area contributed by atoms with E-state index in [1.807, 2.05) is 19.9 Å². The number of rotatable bonds is 4. The van der Waals surface area contributed by atoms with Gasteiger partial charge in [0, 0.05) is 17.9 Å². The van der Waals surface area contributed by atoms with Crippen molar-refractivity contribution in [3.8, 4) is 11.5 Å². The van der Waals surface area contributed by atoms with Gasteiger partial charge in [-0.1, -0.05) is 19.9 Å². The number of carbonyl (C=O) groups excluding carboxylic acids is 1. The molecule has 1 aromatic carbocycles. The number of benzene rings is 1. The Kier molecular flexibility index (Phi) is 3.32. The third-order valence-corrected chi connectivity index (χ3v) is 4.13. The lowest BCUT2D eigenvalue weighted by molar-refractivity contribution is -0.124. The summed E-state index contributed by atoms with van der Waals surface area (Å²) in [6, 6.07) is 6.15. The van der Waals surface area contributed by atoms with Crippen LogP contribution in [-0.2, 0) is 10.2 Å². The Morgan fingerprint density at radius 1 is 1.25 bits per heavy atom. The molecular formula is C16H21NO3. The van der Waals surface area contributed by atoms with Crippen molar-refractivity contribution >= 4 is 5.91 Å². The van der Waals surface area contributed by atoms with Crippen LogP contribution in [0.15, 0.2) is 18.2 Å². The first-order valence-electron chi connectivity index (χ1n) is 7.29. The largest absolute Gasteiger partial charge is 0.486 e. The Bertz CT molecular complexity index is 520. The highest BCUT2D eigenvalue weighted by molar-refractivity contribution is 5.78. The van der Waals surface area contributed by atoms with Crippen molar-refractivity contribution in [1.82, 2.24) is 5.32 Å².